The summed E-state index contributed by atoms with van der Waals surface area (Å²) in [5, 5.41) is 4.47. The summed E-state index contributed by atoms with van der Waals surface area (Å²) in [6.07, 6.45) is 8.75. The lowest BCUT2D eigenvalue weighted by Gasteiger charge is -2.48. The van der Waals surface area contributed by atoms with Crippen LogP contribution in [0, 0.1) is 12.3 Å². The van der Waals surface area contributed by atoms with Crippen LogP contribution < -0.4 is 0 Å². The Hall–Kier alpha value is -1.36. The van der Waals surface area contributed by atoms with Gasteiger partial charge in [-0.05, 0) is 39.2 Å². The standard InChI is InChI=1S/C19H32N4O/c1-4-5-11-23-15-19(9-7-18(23)24)8-6-10-22(14-19)13-17-12-21(3)20-16(17)2/h12H,4-11,13-15H2,1-3H3. The molecule has 1 aromatic rings. The van der Waals surface area contributed by atoms with Crippen molar-refractivity contribution in [1.82, 2.24) is 19.6 Å². The maximum atomic E-state index is 12.2. The van der Waals surface area contributed by atoms with Gasteiger partial charge in [-0.1, -0.05) is 13.3 Å². The van der Waals surface area contributed by atoms with Gasteiger partial charge in [0.2, 0.25) is 5.91 Å². The minimum atomic E-state index is 0.315. The number of carbonyl (C=O) groups is 1. The van der Waals surface area contributed by atoms with Crippen LogP contribution >= 0.6 is 0 Å². The Labute approximate surface area is 146 Å². The molecule has 5 nitrogen and oxygen atoms in total. The number of aromatic nitrogens is 2. The Balaban J connectivity index is 1.65. The first kappa shape index (κ1) is 17.5. The summed E-state index contributed by atoms with van der Waals surface area (Å²) < 4.78 is 1.91. The van der Waals surface area contributed by atoms with Crippen LogP contribution in [0.2, 0.25) is 0 Å². The van der Waals surface area contributed by atoms with Gasteiger partial charge in [-0.25, -0.2) is 0 Å². The number of hydrogen-bond donors (Lipinski definition) is 0. The topological polar surface area (TPSA) is 41.4 Å². The molecule has 3 heterocycles. The summed E-state index contributed by atoms with van der Waals surface area (Å²) >= 11 is 0. The molecule has 2 fully saturated rings. The number of aryl methyl sites for hydroxylation is 2. The quantitative estimate of drug-likeness (QED) is 0.832. The van der Waals surface area contributed by atoms with Crippen molar-refractivity contribution in [2.45, 2.75) is 58.9 Å². The van der Waals surface area contributed by atoms with Gasteiger partial charge in [-0.2, -0.15) is 5.10 Å². The largest absolute Gasteiger partial charge is 0.342 e. The van der Waals surface area contributed by atoms with Gasteiger partial charge in [0.25, 0.3) is 0 Å². The highest BCUT2D eigenvalue weighted by Crippen LogP contribution is 2.39. The van der Waals surface area contributed by atoms with Gasteiger partial charge in [0.05, 0.1) is 5.69 Å². The van der Waals surface area contributed by atoms with E-state index < -0.39 is 0 Å². The minimum Gasteiger partial charge on any atom is -0.342 e. The molecule has 0 N–H and O–H groups in total. The number of unbranched alkanes of at least 4 members (excludes halogenated alkanes) is 1. The maximum Gasteiger partial charge on any atom is 0.222 e. The lowest BCUT2D eigenvalue weighted by Crippen LogP contribution is -2.53. The van der Waals surface area contributed by atoms with E-state index in [1.807, 2.05) is 11.7 Å². The summed E-state index contributed by atoms with van der Waals surface area (Å²) in [6.45, 7) is 9.48. The number of hydrogen-bond acceptors (Lipinski definition) is 3. The van der Waals surface area contributed by atoms with E-state index in [0.29, 0.717) is 11.3 Å². The van der Waals surface area contributed by atoms with E-state index in [-0.39, 0.29) is 0 Å². The number of carbonyl (C=O) groups excluding carboxylic acids is 1. The molecule has 0 radical (unpaired) electrons. The predicted octanol–water partition coefficient (Wildman–Crippen LogP) is 2.73. The Morgan fingerprint density at radius 2 is 2.12 bits per heavy atom. The van der Waals surface area contributed by atoms with Crippen LogP contribution in [0.3, 0.4) is 0 Å². The first-order chi connectivity index (χ1) is 11.5. The average molecular weight is 332 g/mol. The van der Waals surface area contributed by atoms with Crippen molar-refractivity contribution in [1.29, 1.82) is 0 Å². The smallest absolute Gasteiger partial charge is 0.222 e. The fourth-order valence-electron chi connectivity index (χ4n) is 4.48. The highest BCUT2D eigenvalue weighted by molar-refractivity contribution is 5.77. The number of piperidine rings is 2. The second-order valence-electron chi connectivity index (χ2n) is 7.90. The van der Waals surface area contributed by atoms with Gasteiger partial charge in [0, 0.05) is 56.8 Å². The van der Waals surface area contributed by atoms with Gasteiger partial charge in [0.1, 0.15) is 0 Å². The van der Waals surface area contributed by atoms with Crippen molar-refractivity contribution in [3.05, 3.63) is 17.5 Å². The van der Waals surface area contributed by atoms with Crippen molar-refractivity contribution < 1.29 is 4.79 Å². The van der Waals surface area contributed by atoms with E-state index in [2.05, 4.69) is 34.9 Å². The number of likely N-dealkylation sites (tertiary alicyclic amines) is 2. The van der Waals surface area contributed by atoms with Crippen molar-refractivity contribution in [2.75, 3.05) is 26.2 Å². The van der Waals surface area contributed by atoms with Gasteiger partial charge < -0.3 is 4.90 Å². The minimum absolute atomic E-state index is 0.315. The molecule has 1 atom stereocenters. The average Bonchev–Trinajstić information content (AvgIpc) is 2.86. The molecule has 2 aliphatic rings. The molecule has 1 unspecified atom stereocenters. The van der Waals surface area contributed by atoms with Crippen molar-refractivity contribution in [2.24, 2.45) is 12.5 Å². The van der Waals surface area contributed by atoms with Crippen molar-refractivity contribution in [3.8, 4) is 0 Å². The van der Waals surface area contributed by atoms with Crippen LogP contribution in [0.1, 0.15) is 56.7 Å². The Bertz CT molecular complexity index is 582. The zero-order valence-corrected chi connectivity index (χ0v) is 15.6. The number of rotatable bonds is 5. The van der Waals surface area contributed by atoms with Gasteiger partial charge in [0.15, 0.2) is 0 Å². The lowest BCUT2D eigenvalue weighted by atomic mass is 9.73. The van der Waals surface area contributed by atoms with E-state index in [1.54, 1.807) is 0 Å². The second-order valence-corrected chi connectivity index (χ2v) is 7.90. The first-order valence-electron chi connectivity index (χ1n) is 9.50. The first-order valence-corrected chi connectivity index (χ1v) is 9.50. The second kappa shape index (κ2) is 7.26. The third kappa shape index (κ3) is 3.82. The van der Waals surface area contributed by atoms with Crippen molar-refractivity contribution in [3.63, 3.8) is 0 Å². The molecule has 5 heteroatoms. The summed E-state index contributed by atoms with van der Waals surface area (Å²) in [5.41, 5.74) is 2.79. The Morgan fingerprint density at radius 1 is 1.29 bits per heavy atom. The molecule has 3 rings (SSSR count). The molecule has 0 aliphatic carbocycles. The van der Waals surface area contributed by atoms with Gasteiger partial charge >= 0.3 is 0 Å². The lowest BCUT2D eigenvalue weighted by molar-refractivity contribution is -0.139. The molecule has 0 aromatic carbocycles. The molecule has 1 aromatic heterocycles. The van der Waals surface area contributed by atoms with Crippen LogP contribution in [0.25, 0.3) is 0 Å². The highest BCUT2D eigenvalue weighted by Gasteiger charge is 2.41. The zero-order valence-electron chi connectivity index (χ0n) is 15.6. The summed E-state index contributed by atoms with van der Waals surface area (Å²) in [5.74, 6) is 0.370. The van der Waals surface area contributed by atoms with E-state index in [9.17, 15) is 4.79 Å². The number of amides is 1. The fraction of sp³-hybridized carbons (Fsp3) is 0.789. The molecule has 24 heavy (non-hydrogen) atoms. The van der Waals surface area contributed by atoms with E-state index >= 15 is 0 Å². The Morgan fingerprint density at radius 3 is 2.83 bits per heavy atom. The SMILES string of the molecule is CCCCN1CC2(CCCN(Cc3cn(C)nc3C)C2)CCC1=O. The van der Waals surface area contributed by atoms with E-state index in [1.165, 1.54) is 24.9 Å². The van der Waals surface area contributed by atoms with Crippen LogP contribution in [0.15, 0.2) is 6.20 Å². The van der Waals surface area contributed by atoms with Crippen LogP contribution in [-0.2, 0) is 18.4 Å². The Kier molecular flexibility index (Phi) is 5.28. The third-order valence-corrected chi connectivity index (χ3v) is 5.78. The maximum absolute atomic E-state index is 12.2. The molecular weight excluding hydrogens is 300 g/mol. The number of nitrogens with zero attached hydrogens (tertiary/aromatic N) is 4. The summed E-state index contributed by atoms with van der Waals surface area (Å²) in [7, 11) is 1.99. The normalized spacial score (nSPS) is 25.6. The molecule has 2 saturated heterocycles. The molecule has 2 aliphatic heterocycles. The fourth-order valence-corrected chi connectivity index (χ4v) is 4.48. The van der Waals surface area contributed by atoms with Crippen LogP contribution in [0.4, 0.5) is 0 Å². The van der Waals surface area contributed by atoms with E-state index in [4.69, 9.17) is 0 Å². The molecular formula is C19H32N4O. The predicted molar refractivity (Wildman–Crippen MR) is 95.6 cm³/mol. The van der Waals surface area contributed by atoms with Crippen LogP contribution in [0.5, 0.6) is 0 Å². The molecule has 1 amide bonds. The molecule has 134 valence electrons. The third-order valence-electron chi connectivity index (χ3n) is 5.78. The zero-order chi connectivity index (χ0) is 17.2. The molecule has 0 bridgehead atoms. The van der Waals surface area contributed by atoms with Crippen molar-refractivity contribution >= 4 is 5.91 Å². The molecule has 0 saturated carbocycles. The van der Waals surface area contributed by atoms with Crippen LogP contribution in [-0.4, -0.2) is 51.7 Å². The van der Waals surface area contributed by atoms with Gasteiger partial charge in [-0.3, -0.25) is 14.4 Å². The molecule has 1 spiro atoms. The monoisotopic (exact) mass is 332 g/mol. The van der Waals surface area contributed by atoms with E-state index in [0.717, 1.165) is 57.6 Å². The van der Waals surface area contributed by atoms with Gasteiger partial charge in [-0.15, -0.1) is 0 Å². The summed E-state index contributed by atoms with van der Waals surface area (Å²) in [4.78, 5) is 17.0. The highest BCUT2D eigenvalue weighted by atomic mass is 16.2. The summed E-state index contributed by atoms with van der Waals surface area (Å²) in [6, 6.07) is 0.